The largest absolute Gasteiger partial charge is 0.396 e. The van der Waals surface area contributed by atoms with Crippen LogP contribution in [0.25, 0.3) is 0 Å². The molecule has 2 aliphatic heterocycles. The van der Waals surface area contributed by atoms with Gasteiger partial charge in [-0.3, -0.25) is 9.89 Å². The molecule has 0 aliphatic carbocycles. The Bertz CT molecular complexity index is 290. The number of aliphatic hydroxyl groups is 1. The zero-order chi connectivity index (χ0) is 13.5. The summed E-state index contributed by atoms with van der Waals surface area (Å²) in [5.74, 6) is 0. The number of hydrogen-bond acceptors (Lipinski definition) is 5. The van der Waals surface area contributed by atoms with Crippen LogP contribution in [0.3, 0.4) is 0 Å². The fourth-order valence-electron chi connectivity index (χ4n) is 2.60. The molecule has 0 bridgehead atoms. The highest BCUT2D eigenvalue weighted by atomic mass is 32.2. The van der Waals surface area contributed by atoms with Gasteiger partial charge in [-0.1, -0.05) is 31.5 Å². The van der Waals surface area contributed by atoms with Crippen molar-refractivity contribution in [3.05, 3.63) is 0 Å². The second kappa shape index (κ2) is 8.12. The molecule has 19 heavy (non-hydrogen) atoms. The minimum absolute atomic E-state index is 0.344. The smallest absolute Gasteiger partial charge is 0.159 e. The van der Waals surface area contributed by atoms with Gasteiger partial charge >= 0.3 is 0 Å². The Balaban J connectivity index is 1.58. The van der Waals surface area contributed by atoms with Gasteiger partial charge in [0.05, 0.1) is 6.54 Å². The monoisotopic (exact) mass is 285 g/mol. The predicted molar refractivity (Wildman–Crippen MR) is 82.9 cm³/mol. The van der Waals surface area contributed by atoms with E-state index in [9.17, 15) is 0 Å². The van der Waals surface area contributed by atoms with Crippen LogP contribution in [0, 0.1) is 0 Å². The van der Waals surface area contributed by atoms with E-state index in [2.05, 4.69) is 21.7 Å². The summed E-state index contributed by atoms with van der Waals surface area (Å²) in [6.07, 6.45) is 4.65. The molecule has 5 heteroatoms. The van der Waals surface area contributed by atoms with Gasteiger partial charge in [-0.05, 0) is 19.4 Å². The van der Waals surface area contributed by atoms with Crippen LogP contribution in [0.1, 0.15) is 32.6 Å². The van der Waals surface area contributed by atoms with E-state index in [1.807, 2.05) is 11.8 Å². The van der Waals surface area contributed by atoms with Crippen LogP contribution in [0.15, 0.2) is 4.99 Å². The summed E-state index contributed by atoms with van der Waals surface area (Å²) in [7, 11) is 0. The van der Waals surface area contributed by atoms with E-state index >= 15 is 0 Å². The van der Waals surface area contributed by atoms with Crippen molar-refractivity contribution in [3.63, 3.8) is 0 Å². The average molecular weight is 285 g/mol. The molecule has 0 aromatic heterocycles. The third-order valence-electron chi connectivity index (χ3n) is 3.82. The van der Waals surface area contributed by atoms with Gasteiger partial charge in [-0.2, -0.15) is 0 Å². The van der Waals surface area contributed by atoms with Crippen molar-refractivity contribution >= 4 is 16.9 Å². The number of thioether (sulfide) groups is 1. The first-order chi connectivity index (χ1) is 9.29. The van der Waals surface area contributed by atoms with Gasteiger partial charge in [0.1, 0.15) is 0 Å². The Hall–Kier alpha value is -0.260. The average Bonchev–Trinajstić information content (AvgIpc) is 2.86. The van der Waals surface area contributed by atoms with Gasteiger partial charge in [0, 0.05) is 38.0 Å². The van der Waals surface area contributed by atoms with E-state index < -0.39 is 0 Å². The molecule has 2 aliphatic rings. The maximum atomic E-state index is 8.74. The van der Waals surface area contributed by atoms with Crippen molar-refractivity contribution in [1.29, 1.82) is 0 Å². The lowest BCUT2D eigenvalue weighted by atomic mass is 10.2. The number of nitrogens with zero attached hydrogens (tertiary/aromatic N) is 3. The number of piperazine rings is 1. The molecule has 0 unspecified atom stereocenters. The Kier molecular flexibility index (Phi) is 6.47. The Morgan fingerprint density at radius 3 is 2.53 bits per heavy atom. The molecule has 4 nitrogen and oxygen atoms in total. The molecular formula is C14H27N3OS. The van der Waals surface area contributed by atoms with Gasteiger partial charge in [-0.15, -0.1) is 0 Å². The number of aliphatic imine (C=N–C) groups is 1. The van der Waals surface area contributed by atoms with E-state index in [-0.39, 0.29) is 0 Å². The second-order valence-corrected chi connectivity index (χ2v) is 6.92. The molecule has 110 valence electrons. The minimum atomic E-state index is 0.344. The zero-order valence-corrected chi connectivity index (χ0v) is 12.9. The van der Waals surface area contributed by atoms with Crippen molar-refractivity contribution in [2.75, 3.05) is 45.9 Å². The van der Waals surface area contributed by atoms with Crippen LogP contribution in [0.2, 0.25) is 0 Å². The number of hydrogen-bond donors (Lipinski definition) is 1. The van der Waals surface area contributed by atoms with Crippen LogP contribution in [0.4, 0.5) is 0 Å². The topological polar surface area (TPSA) is 39.1 Å². The zero-order valence-electron chi connectivity index (χ0n) is 12.1. The SMILES string of the molecule is C[C@H]1CN=C(N2CCN(CCCCCCO)CC2)S1. The number of rotatable bonds is 6. The van der Waals surface area contributed by atoms with Crippen molar-refractivity contribution in [1.82, 2.24) is 9.80 Å². The number of amidine groups is 1. The van der Waals surface area contributed by atoms with Crippen molar-refractivity contribution < 1.29 is 5.11 Å². The maximum Gasteiger partial charge on any atom is 0.159 e. The van der Waals surface area contributed by atoms with E-state index in [0.29, 0.717) is 11.9 Å². The molecule has 0 aromatic carbocycles. The molecule has 0 saturated carbocycles. The summed E-state index contributed by atoms with van der Waals surface area (Å²) in [6, 6.07) is 0. The number of aliphatic hydroxyl groups excluding tert-OH is 1. The van der Waals surface area contributed by atoms with Crippen molar-refractivity contribution in [2.24, 2.45) is 4.99 Å². The van der Waals surface area contributed by atoms with E-state index in [4.69, 9.17) is 5.11 Å². The van der Waals surface area contributed by atoms with Crippen LogP contribution >= 0.6 is 11.8 Å². The van der Waals surface area contributed by atoms with Crippen molar-refractivity contribution in [3.8, 4) is 0 Å². The maximum absolute atomic E-state index is 8.74. The molecule has 0 amide bonds. The molecule has 2 heterocycles. The van der Waals surface area contributed by atoms with E-state index in [1.165, 1.54) is 44.1 Å². The standard InChI is InChI=1S/C14H27N3OS/c1-13-12-15-14(19-13)17-9-7-16(8-10-17)6-4-2-3-5-11-18/h13,18H,2-12H2,1H3/t13-/m0/s1. The summed E-state index contributed by atoms with van der Waals surface area (Å²) in [4.78, 5) is 9.65. The summed E-state index contributed by atoms with van der Waals surface area (Å²) >= 11 is 1.93. The fraction of sp³-hybridized carbons (Fsp3) is 0.929. The van der Waals surface area contributed by atoms with E-state index in [1.54, 1.807) is 0 Å². The lowest BCUT2D eigenvalue weighted by molar-refractivity contribution is 0.180. The Morgan fingerprint density at radius 2 is 1.89 bits per heavy atom. The van der Waals surface area contributed by atoms with Crippen LogP contribution < -0.4 is 0 Å². The lowest BCUT2D eigenvalue weighted by Gasteiger charge is -2.35. The van der Waals surface area contributed by atoms with E-state index in [0.717, 1.165) is 26.1 Å². The molecule has 1 saturated heterocycles. The predicted octanol–water partition coefficient (Wildman–Crippen LogP) is 1.65. The van der Waals surface area contributed by atoms with Crippen LogP contribution in [0.5, 0.6) is 0 Å². The first kappa shape index (κ1) is 15.1. The third kappa shape index (κ3) is 4.97. The molecule has 2 rings (SSSR count). The third-order valence-corrected chi connectivity index (χ3v) is 4.97. The van der Waals surface area contributed by atoms with Gasteiger partial charge in [0.2, 0.25) is 0 Å². The van der Waals surface area contributed by atoms with Crippen molar-refractivity contribution in [2.45, 2.75) is 37.9 Å². The minimum Gasteiger partial charge on any atom is -0.396 e. The molecule has 1 atom stereocenters. The highest BCUT2D eigenvalue weighted by molar-refractivity contribution is 8.14. The normalized spacial score (nSPS) is 24.8. The van der Waals surface area contributed by atoms with Crippen LogP contribution in [-0.2, 0) is 0 Å². The van der Waals surface area contributed by atoms with Gasteiger partial charge in [0.15, 0.2) is 5.17 Å². The Morgan fingerprint density at radius 1 is 1.16 bits per heavy atom. The fourth-order valence-corrected chi connectivity index (χ4v) is 3.59. The van der Waals surface area contributed by atoms with Gasteiger partial charge < -0.3 is 10.0 Å². The second-order valence-electron chi connectivity index (χ2n) is 5.52. The van der Waals surface area contributed by atoms with Gasteiger partial charge in [-0.25, -0.2) is 0 Å². The molecule has 1 N–H and O–H groups in total. The lowest BCUT2D eigenvalue weighted by Crippen LogP contribution is -2.47. The molecule has 0 radical (unpaired) electrons. The number of unbranched alkanes of at least 4 members (excludes halogenated alkanes) is 3. The molecule has 1 fully saturated rings. The molecule has 0 aromatic rings. The molecule has 0 spiro atoms. The van der Waals surface area contributed by atoms with Gasteiger partial charge in [0.25, 0.3) is 0 Å². The first-order valence-electron chi connectivity index (χ1n) is 7.59. The molecular weight excluding hydrogens is 258 g/mol. The summed E-state index contributed by atoms with van der Waals surface area (Å²) in [5, 5.41) is 10.7. The quantitative estimate of drug-likeness (QED) is 0.753. The highest BCUT2D eigenvalue weighted by Crippen LogP contribution is 2.23. The highest BCUT2D eigenvalue weighted by Gasteiger charge is 2.24. The Labute approximate surface area is 121 Å². The van der Waals surface area contributed by atoms with Crippen LogP contribution in [-0.4, -0.2) is 71.2 Å². The first-order valence-corrected chi connectivity index (χ1v) is 8.47. The summed E-state index contributed by atoms with van der Waals surface area (Å²) in [6.45, 7) is 9.42. The summed E-state index contributed by atoms with van der Waals surface area (Å²) < 4.78 is 0. The summed E-state index contributed by atoms with van der Waals surface area (Å²) in [5.41, 5.74) is 0.